The molecule has 90 valence electrons. The van der Waals surface area contributed by atoms with Crippen LogP contribution in [0.25, 0.3) is 0 Å². The van der Waals surface area contributed by atoms with Gasteiger partial charge in [-0.15, -0.1) is 0 Å². The third kappa shape index (κ3) is 3.76. The minimum Gasteiger partial charge on any atom is -0.310 e. The molecule has 1 aromatic rings. The lowest BCUT2D eigenvalue weighted by Crippen LogP contribution is -2.22. The summed E-state index contributed by atoms with van der Waals surface area (Å²) < 4.78 is 0. The van der Waals surface area contributed by atoms with E-state index in [1.54, 1.807) is 11.3 Å². The number of hydrogen-bond donors (Lipinski definition) is 1. The lowest BCUT2D eigenvalue weighted by Gasteiger charge is -2.19. The van der Waals surface area contributed by atoms with Gasteiger partial charge >= 0.3 is 0 Å². The van der Waals surface area contributed by atoms with E-state index >= 15 is 0 Å². The molecule has 1 aromatic heterocycles. The van der Waals surface area contributed by atoms with Gasteiger partial charge in [0.05, 0.1) is 0 Å². The first-order chi connectivity index (χ1) is 7.69. The predicted molar refractivity (Wildman–Crippen MR) is 74.1 cm³/mol. The summed E-state index contributed by atoms with van der Waals surface area (Å²) in [6.45, 7) is 11.8. The molecule has 0 spiro atoms. The Bertz CT molecular complexity index is 327. The van der Waals surface area contributed by atoms with Gasteiger partial charge in [-0.05, 0) is 54.6 Å². The largest absolute Gasteiger partial charge is 0.310 e. The molecule has 1 N–H and O–H groups in total. The summed E-state index contributed by atoms with van der Waals surface area (Å²) in [4.78, 5) is 0. The van der Waals surface area contributed by atoms with Crippen LogP contribution < -0.4 is 5.32 Å². The van der Waals surface area contributed by atoms with Gasteiger partial charge in [0.2, 0.25) is 0 Å². The third-order valence-electron chi connectivity index (χ3n) is 2.90. The van der Waals surface area contributed by atoms with Crippen molar-refractivity contribution in [2.75, 3.05) is 6.54 Å². The summed E-state index contributed by atoms with van der Waals surface area (Å²) >= 11 is 1.79. The van der Waals surface area contributed by atoms with Crippen LogP contribution in [-0.2, 0) is 0 Å². The monoisotopic (exact) mass is 237 g/mol. The zero-order valence-electron chi connectivity index (χ0n) is 10.7. The van der Waals surface area contributed by atoms with Gasteiger partial charge in [-0.1, -0.05) is 26.0 Å². The zero-order valence-corrected chi connectivity index (χ0v) is 11.5. The van der Waals surface area contributed by atoms with Gasteiger partial charge in [-0.2, -0.15) is 11.3 Å². The molecule has 0 amide bonds. The molecule has 16 heavy (non-hydrogen) atoms. The highest BCUT2D eigenvalue weighted by molar-refractivity contribution is 7.08. The first-order valence-corrected chi connectivity index (χ1v) is 7.06. The molecule has 0 bridgehead atoms. The van der Waals surface area contributed by atoms with Gasteiger partial charge in [-0.3, -0.25) is 0 Å². The van der Waals surface area contributed by atoms with E-state index in [1.165, 1.54) is 23.1 Å². The van der Waals surface area contributed by atoms with Crippen LogP contribution in [0.2, 0.25) is 0 Å². The highest BCUT2D eigenvalue weighted by Gasteiger charge is 2.14. The van der Waals surface area contributed by atoms with E-state index in [0.717, 1.165) is 19.4 Å². The molecule has 0 fully saturated rings. The molecule has 1 nitrogen and oxygen atoms in total. The maximum Gasteiger partial charge on any atom is 0.0368 e. The molecule has 0 aliphatic rings. The van der Waals surface area contributed by atoms with Crippen LogP contribution in [-0.4, -0.2) is 6.54 Å². The fraction of sp³-hybridized carbons (Fsp3) is 0.571. The van der Waals surface area contributed by atoms with Gasteiger partial charge in [0, 0.05) is 6.04 Å². The number of aryl methyl sites for hydroxylation is 1. The normalized spacial score (nSPS) is 12.7. The second-order valence-electron chi connectivity index (χ2n) is 4.32. The number of nitrogens with one attached hydrogen (secondary N) is 1. The maximum absolute atomic E-state index is 4.12. The summed E-state index contributed by atoms with van der Waals surface area (Å²) in [5, 5.41) is 8.12. The second-order valence-corrected chi connectivity index (χ2v) is 5.07. The van der Waals surface area contributed by atoms with Gasteiger partial charge < -0.3 is 5.32 Å². The number of hydrogen-bond acceptors (Lipinski definition) is 2. The van der Waals surface area contributed by atoms with Crippen LogP contribution in [0, 0.1) is 6.92 Å². The minimum absolute atomic E-state index is 0.457. The zero-order chi connectivity index (χ0) is 12.0. The van der Waals surface area contributed by atoms with E-state index in [4.69, 9.17) is 0 Å². The van der Waals surface area contributed by atoms with E-state index in [2.05, 4.69) is 43.4 Å². The molecule has 1 rings (SSSR count). The van der Waals surface area contributed by atoms with Crippen molar-refractivity contribution in [3.8, 4) is 0 Å². The molecule has 0 saturated carbocycles. The molecule has 1 atom stereocenters. The Balaban J connectivity index is 2.71. The Hall–Kier alpha value is -0.600. The molecule has 0 aliphatic carbocycles. The smallest absolute Gasteiger partial charge is 0.0368 e. The molecular weight excluding hydrogens is 214 g/mol. The molecule has 0 radical (unpaired) electrons. The Kier molecular flexibility index (Phi) is 5.78. The van der Waals surface area contributed by atoms with Crippen LogP contribution in [0.4, 0.5) is 0 Å². The van der Waals surface area contributed by atoms with Crippen LogP contribution in [0.3, 0.4) is 0 Å². The fourth-order valence-corrected chi connectivity index (χ4v) is 2.68. The van der Waals surface area contributed by atoms with Crippen LogP contribution in [0.5, 0.6) is 0 Å². The van der Waals surface area contributed by atoms with E-state index in [0.29, 0.717) is 6.04 Å². The molecule has 1 unspecified atom stereocenters. The Labute approximate surface area is 104 Å². The van der Waals surface area contributed by atoms with Crippen molar-refractivity contribution in [3.63, 3.8) is 0 Å². The number of rotatable bonds is 7. The molecule has 0 aliphatic heterocycles. The molecule has 0 aromatic carbocycles. The van der Waals surface area contributed by atoms with Gasteiger partial charge in [0.1, 0.15) is 0 Å². The SMILES string of the molecule is C=C(CC)CC(NCCC)c1cscc1C. The van der Waals surface area contributed by atoms with Crippen molar-refractivity contribution in [1.82, 2.24) is 5.32 Å². The third-order valence-corrected chi connectivity index (χ3v) is 3.78. The van der Waals surface area contributed by atoms with E-state index in [-0.39, 0.29) is 0 Å². The standard InChI is InChI=1S/C14H23NS/c1-5-7-15-14(8-11(3)6-2)13-10-16-9-12(13)4/h9-10,14-15H,3,5-8H2,1-2,4H3. The molecular formula is C14H23NS. The molecule has 1 heterocycles. The average molecular weight is 237 g/mol. The van der Waals surface area contributed by atoms with E-state index in [1.807, 2.05) is 0 Å². The summed E-state index contributed by atoms with van der Waals surface area (Å²) in [6, 6.07) is 0.457. The predicted octanol–water partition coefficient (Wildman–Crippen LogP) is 4.45. The van der Waals surface area contributed by atoms with Crippen molar-refractivity contribution in [1.29, 1.82) is 0 Å². The first-order valence-electron chi connectivity index (χ1n) is 6.11. The quantitative estimate of drug-likeness (QED) is 0.691. The molecule has 0 saturated heterocycles. The average Bonchev–Trinajstić information content (AvgIpc) is 2.70. The van der Waals surface area contributed by atoms with E-state index in [9.17, 15) is 0 Å². The summed E-state index contributed by atoms with van der Waals surface area (Å²) in [7, 11) is 0. The Morgan fingerprint density at radius 1 is 1.44 bits per heavy atom. The van der Waals surface area contributed by atoms with Gasteiger partial charge in [-0.25, -0.2) is 0 Å². The lowest BCUT2D eigenvalue weighted by molar-refractivity contribution is 0.523. The summed E-state index contributed by atoms with van der Waals surface area (Å²) in [6.07, 6.45) is 3.32. The highest BCUT2D eigenvalue weighted by atomic mass is 32.1. The fourth-order valence-electron chi connectivity index (χ4n) is 1.77. The van der Waals surface area contributed by atoms with Crippen molar-refractivity contribution in [3.05, 3.63) is 34.0 Å². The topological polar surface area (TPSA) is 12.0 Å². The van der Waals surface area contributed by atoms with E-state index < -0.39 is 0 Å². The van der Waals surface area contributed by atoms with Crippen LogP contribution >= 0.6 is 11.3 Å². The summed E-state index contributed by atoms with van der Waals surface area (Å²) in [5.74, 6) is 0. The van der Waals surface area contributed by atoms with Gasteiger partial charge in [0.15, 0.2) is 0 Å². The lowest BCUT2D eigenvalue weighted by atomic mass is 9.98. The van der Waals surface area contributed by atoms with Crippen molar-refractivity contribution >= 4 is 11.3 Å². The van der Waals surface area contributed by atoms with Crippen LogP contribution in [0.1, 0.15) is 50.3 Å². The van der Waals surface area contributed by atoms with Crippen molar-refractivity contribution in [2.45, 2.75) is 46.1 Å². The Morgan fingerprint density at radius 2 is 2.19 bits per heavy atom. The Morgan fingerprint density at radius 3 is 2.69 bits per heavy atom. The van der Waals surface area contributed by atoms with Crippen LogP contribution in [0.15, 0.2) is 22.9 Å². The second kappa shape index (κ2) is 6.87. The highest BCUT2D eigenvalue weighted by Crippen LogP contribution is 2.27. The molecule has 2 heteroatoms. The number of thiophene rings is 1. The first kappa shape index (κ1) is 13.5. The van der Waals surface area contributed by atoms with Gasteiger partial charge in [0.25, 0.3) is 0 Å². The minimum atomic E-state index is 0.457. The summed E-state index contributed by atoms with van der Waals surface area (Å²) in [5.41, 5.74) is 4.19. The van der Waals surface area contributed by atoms with Crippen molar-refractivity contribution < 1.29 is 0 Å². The maximum atomic E-state index is 4.12. The van der Waals surface area contributed by atoms with Crippen molar-refractivity contribution in [2.24, 2.45) is 0 Å².